The predicted molar refractivity (Wildman–Crippen MR) is 80.2 cm³/mol. The van der Waals surface area contributed by atoms with E-state index < -0.39 is 0 Å². The number of nitrogens with one attached hydrogen (secondary N) is 1. The molecule has 2 aromatic rings. The van der Waals surface area contributed by atoms with Gasteiger partial charge in [0, 0.05) is 24.6 Å². The largest absolute Gasteiger partial charge is 0.348 e. The van der Waals surface area contributed by atoms with E-state index in [1.807, 2.05) is 16.8 Å². The molecule has 0 aromatic carbocycles. The number of pyridine rings is 1. The summed E-state index contributed by atoms with van der Waals surface area (Å²) in [5, 5.41) is 3.10. The summed E-state index contributed by atoms with van der Waals surface area (Å²) in [5.74, 6) is 0.692. The molecule has 0 spiro atoms. The molecule has 110 valence electrons. The number of carbonyl (C=O) groups is 1. The molecule has 0 bridgehead atoms. The van der Waals surface area contributed by atoms with Crippen molar-refractivity contribution in [1.29, 1.82) is 0 Å². The molecule has 21 heavy (non-hydrogen) atoms. The van der Waals surface area contributed by atoms with Crippen molar-refractivity contribution in [2.45, 2.75) is 38.6 Å². The van der Waals surface area contributed by atoms with Crippen LogP contribution in [0.3, 0.4) is 0 Å². The van der Waals surface area contributed by atoms with Crippen LogP contribution in [0, 0.1) is 5.92 Å². The van der Waals surface area contributed by atoms with E-state index in [0.717, 1.165) is 24.4 Å². The highest BCUT2D eigenvalue weighted by Crippen LogP contribution is 2.23. The monoisotopic (exact) mass is 284 g/mol. The minimum Gasteiger partial charge on any atom is -0.348 e. The number of hydrogen-bond donors (Lipinski definition) is 1. The average molecular weight is 284 g/mol. The van der Waals surface area contributed by atoms with Gasteiger partial charge in [-0.15, -0.1) is 0 Å². The van der Waals surface area contributed by atoms with Gasteiger partial charge in [0.2, 0.25) is 0 Å². The van der Waals surface area contributed by atoms with E-state index in [-0.39, 0.29) is 11.9 Å². The van der Waals surface area contributed by atoms with E-state index in [4.69, 9.17) is 0 Å². The number of rotatable bonds is 3. The molecule has 0 radical (unpaired) electrons. The second-order valence-electron chi connectivity index (χ2n) is 5.80. The average Bonchev–Trinajstić information content (AvgIpc) is 3.04. The molecule has 2 heterocycles. The highest BCUT2D eigenvalue weighted by molar-refractivity contribution is 5.92. The van der Waals surface area contributed by atoms with Crippen molar-refractivity contribution in [2.75, 3.05) is 0 Å². The van der Waals surface area contributed by atoms with Gasteiger partial charge < -0.3 is 9.88 Å². The minimum atomic E-state index is -0.0866. The van der Waals surface area contributed by atoms with Gasteiger partial charge in [-0.2, -0.15) is 0 Å². The Balaban J connectivity index is 1.69. The summed E-state index contributed by atoms with van der Waals surface area (Å²) in [5.41, 5.74) is 1.35. The fraction of sp³-hybridized carbons (Fsp3) is 0.438. The molecule has 1 N–H and O–H groups in total. The lowest BCUT2D eigenvalue weighted by Crippen LogP contribution is -2.37. The lowest BCUT2D eigenvalue weighted by molar-refractivity contribution is 0.0918. The molecule has 2 aromatic heterocycles. The first-order valence-electron chi connectivity index (χ1n) is 7.47. The Morgan fingerprint density at radius 1 is 1.29 bits per heavy atom. The maximum Gasteiger partial charge on any atom is 0.270 e. The fourth-order valence-corrected chi connectivity index (χ4v) is 2.78. The Labute approximate surface area is 124 Å². The van der Waals surface area contributed by atoms with Gasteiger partial charge in [-0.3, -0.25) is 9.78 Å². The zero-order valence-electron chi connectivity index (χ0n) is 12.2. The molecule has 0 unspecified atom stereocenters. The van der Waals surface area contributed by atoms with Crippen LogP contribution >= 0.6 is 0 Å². The van der Waals surface area contributed by atoms with Gasteiger partial charge in [0.25, 0.3) is 5.91 Å². The van der Waals surface area contributed by atoms with Gasteiger partial charge in [0.1, 0.15) is 5.69 Å². The molecule has 1 aliphatic carbocycles. The van der Waals surface area contributed by atoms with E-state index in [1.165, 1.54) is 12.8 Å². The summed E-state index contributed by atoms with van der Waals surface area (Å²) in [6.45, 7) is 2.27. The highest BCUT2D eigenvalue weighted by Gasteiger charge is 2.20. The lowest BCUT2D eigenvalue weighted by Gasteiger charge is -2.26. The summed E-state index contributed by atoms with van der Waals surface area (Å²) in [6, 6.07) is 3.94. The summed E-state index contributed by atoms with van der Waals surface area (Å²) < 4.78 is 1.86. The molecule has 5 heteroatoms. The smallest absolute Gasteiger partial charge is 0.270 e. The van der Waals surface area contributed by atoms with E-state index >= 15 is 0 Å². The van der Waals surface area contributed by atoms with Crippen LogP contribution in [0.2, 0.25) is 0 Å². The van der Waals surface area contributed by atoms with Crippen molar-refractivity contribution in [3.05, 3.63) is 42.7 Å². The summed E-state index contributed by atoms with van der Waals surface area (Å²) in [4.78, 5) is 20.5. The van der Waals surface area contributed by atoms with Crippen LogP contribution in [0.15, 0.2) is 37.1 Å². The van der Waals surface area contributed by atoms with E-state index in [0.29, 0.717) is 5.69 Å². The van der Waals surface area contributed by atoms with Crippen LogP contribution in [0.4, 0.5) is 0 Å². The molecular formula is C16H20N4O. The number of carbonyl (C=O) groups excluding carboxylic acids is 1. The topological polar surface area (TPSA) is 59.8 Å². The summed E-state index contributed by atoms with van der Waals surface area (Å²) in [7, 11) is 0. The van der Waals surface area contributed by atoms with Gasteiger partial charge in [0.15, 0.2) is 0 Å². The zero-order chi connectivity index (χ0) is 14.7. The van der Waals surface area contributed by atoms with Crippen LogP contribution in [0.5, 0.6) is 0 Å². The molecule has 5 nitrogen and oxygen atoms in total. The van der Waals surface area contributed by atoms with Crippen molar-refractivity contribution in [2.24, 2.45) is 5.92 Å². The van der Waals surface area contributed by atoms with Gasteiger partial charge in [-0.25, -0.2) is 4.98 Å². The SMILES string of the molecule is C[C@H]1CC[C@H](NC(=O)c2cc(-n3ccnc3)ccn2)CC1. The first kappa shape index (κ1) is 13.8. The van der Waals surface area contributed by atoms with Crippen LogP contribution in [-0.4, -0.2) is 26.5 Å². The van der Waals surface area contributed by atoms with E-state index in [1.54, 1.807) is 24.8 Å². The normalized spacial score (nSPS) is 22.0. The number of nitrogens with zero attached hydrogens (tertiary/aromatic N) is 3. The maximum atomic E-state index is 12.3. The Bertz CT molecular complexity index is 600. The zero-order valence-corrected chi connectivity index (χ0v) is 12.2. The van der Waals surface area contributed by atoms with Crippen LogP contribution in [0.25, 0.3) is 5.69 Å². The molecular weight excluding hydrogens is 264 g/mol. The third kappa shape index (κ3) is 3.29. The molecule has 0 saturated heterocycles. The molecule has 1 amide bonds. The van der Waals surface area contributed by atoms with Crippen LogP contribution in [-0.2, 0) is 0 Å². The van der Waals surface area contributed by atoms with E-state index in [2.05, 4.69) is 22.2 Å². The number of imidazole rings is 1. The first-order valence-corrected chi connectivity index (χ1v) is 7.47. The second-order valence-corrected chi connectivity index (χ2v) is 5.80. The summed E-state index contributed by atoms with van der Waals surface area (Å²) >= 11 is 0. The lowest BCUT2D eigenvalue weighted by atomic mass is 9.87. The highest BCUT2D eigenvalue weighted by atomic mass is 16.1. The molecule has 1 fully saturated rings. The first-order chi connectivity index (χ1) is 10.2. The fourth-order valence-electron chi connectivity index (χ4n) is 2.78. The molecule has 0 aliphatic heterocycles. The Morgan fingerprint density at radius 2 is 2.10 bits per heavy atom. The third-order valence-electron chi connectivity index (χ3n) is 4.13. The third-order valence-corrected chi connectivity index (χ3v) is 4.13. The van der Waals surface area contributed by atoms with Crippen molar-refractivity contribution >= 4 is 5.91 Å². The van der Waals surface area contributed by atoms with Crippen LogP contribution < -0.4 is 5.32 Å². The van der Waals surface area contributed by atoms with Crippen molar-refractivity contribution in [1.82, 2.24) is 19.9 Å². The second kappa shape index (κ2) is 6.08. The summed E-state index contributed by atoms with van der Waals surface area (Å²) in [6.07, 6.45) is 11.4. The van der Waals surface area contributed by atoms with Crippen molar-refractivity contribution in [3.8, 4) is 5.69 Å². The van der Waals surface area contributed by atoms with Gasteiger partial charge in [0.05, 0.1) is 12.0 Å². The number of amides is 1. The number of hydrogen-bond acceptors (Lipinski definition) is 3. The van der Waals surface area contributed by atoms with Crippen LogP contribution in [0.1, 0.15) is 43.1 Å². The van der Waals surface area contributed by atoms with Crippen molar-refractivity contribution < 1.29 is 4.79 Å². The maximum absolute atomic E-state index is 12.3. The predicted octanol–water partition coefficient (Wildman–Crippen LogP) is 2.58. The van der Waals surface area contributed by atoms with E-state index in [9.17, 15) is 4.79 Å². The Hall–Kier alpha value is -2.17. The molecule has 1 saturated carbocycles. The van der Waals surface area contributed by atoms with Gasteiger partial charge >= 0.3 is 0 Å². The molecule has 3 rings (SSSR count). The van der Waals surface area contributed by atoms with Crippen molar-refractivity contribution in [3.63, 3.8) is 0 Å². The quantitative estimate of drug-likeness (QED) is 0.942. The molecule has 0 atom stereocenters. The Kier molecular flexibility index (Phi) is 3.99. The van der Waals surface area contributed by atoms with Gasteiger partial charge in [-0.05, 0) is 43.7 Å². The Morgan fingerprint density at radius 3 is 2.81 bits per heavy atom. The number of aromatic nitrogens is 3. The molecule has 1 aliphatic rings. The standard InChI is InChI=1S/C16H20N4O/c1-12-2-4-13(5-3-12)19-16(21)15-10-14(6-7-18-15)20-9-8-17-11-20/h6-13H,2-5H2,1H3,(H,19,21)/t12-,13-. The minimum absolute atomic E-state index is 0.0866. The van der Waals surface area contributed by atoms with Gasteiger partial charge in [-0.1, -0.05) is 6.92 Å².